The van der Waals surface area contributed by atoms with Crippen LogP contribution in [0.25, 0.3) is 5.69 Å². The molecular weight excluding hydrogens is 281 g/mol. The quantitative estimate of drug-likeness (QED) is 0.922. The van der Waals surface area contributed by atoms with Gasteiger partial charge in [0.1, 0.15) is 0 Å². The predicted octanol–water partition coefficient (Wildman–Crippen LogP) is 3.03. The minimum atomic E-state index is -4.33. The Kier molecular flexibility index (Phi) is 4.62. The summed E-state index contributed by atoms with van der Waals surface area (Å²) in [5.74, 6) is 0.537. The van der Waals surface area contributed by atoms with Gasteiger partial charge in [0.15, 0.2) is 0 Å². The molecule has 1 aromatic heterocycles. The van der Waals surface area contributed by atoms with E-state index in [9.17, 15) is 13.2 Å². The summed E-state index contributed by atoms with van der Waals surface area (Å²) in [5, 5.41) is 11.5. The van der Waals surface area contributed by atoms with Gasteiger partial charge in [-0.1, -0.05) is 13.8 Å². The number of benzene rings is 1. The smallest absolute Gasteiger partial charge is 0.311 e. The SMILES string of the molecule is CC(C)CNCc1cnn(-c2ccc(C(F)(F)F)cc2)n1. The first-order valence-corrected chi connectivity index (χ1v) is 6.66. The molecule has 2 aromatic rings. The number of aromatic nitrogens is 3. The molecule has 1 aromatic carbocycles. The van der Waals surface area contributed by atoms with Crippen LogP contribution in [0, 0.1) is 5.92 Å². The Bertz CT molecular complexity index is 573. The highest BCUT2D eigenvalue weighted by Crippen LogP contribution is 2.29. The second-order valence-electron chi connectivity index (χ2n) is 5.19. The maximum Gasteiger partial charge on any atom is 0.416 e. The molecule has 0 aliphatic carbocycles. The average Bonchev–Trinajstić information content (AvgIpc) is 2.86. The van der Waals surface area contributed by atoms with Gasteiger partial charge >= 0.3 is 6.18 Å². The van der Waals surface area contributed by atoms with Crippen molar-refractivity contribution in [2.45, 2.75) is 26.6 Å². The number of halogens is 3. The Labute approximate surface area is 121 Å². The molecule has 0 saturated carbocycles. The summed E-state index contributed by atoms with van der Waals surface area (Å²) < 4.78 is 37.5. The zero-order valence-corrected chi connectivity index (χ0v) is 11.9. The zero-order chi connectivity index (χ0) is 15.5. The van der Waals surface area contributed by atoms with Crippen LogP contribution in [0.3, 0.4) is 0 Å². The topological polar surface area (TPSA) is 42.7 Å². The first-order chi connectivity index (χ1) is 9.86. The van der Waals surface area contributed by atoms with Gasteiger partial charge in [-0.2, -0.15) is 28.2 Å². The molecular formula is C14H17F3N4. The maximum atomic E-state index is 12.5. The molecule has 114 valence electrons. The van der Waals surface area contributed by atoms with E-state index in [1.165, 1.54) is 16.9 Å². The van der Waals surface area contributed by atoms with Gasteiger partial charge in [0.2, 0.25) is 0 Å². The van der Waals surface area contributed by atoms with Gasteiger partial charge in [-0.3, -0.25) is 0 Å². The van der Waals surface area contributed by atoms with Gasteiger partial charge in [0.05, 0.1) is 23.1 Å². The summed E-state index contributed by atoms with van der Waals surface area (Å²) >= 11 is 0. The largest absolute Gasteiger partial charge is 0.416 e. The van der Waals surface area contributed by atoms with Crippen LogP contribution in [0.4, 0.5) is 13.2 Å². The Morgan fingerprint density at radius 2 is 1.86 bits per heavy atom. The molecule has 4 nitrogen and oxygen atoms in total. The van der Waals surface area contributed by atoms with Crippen molar-refractivity contribution >= 4 is 0 Å². The van der Waals surface area contributed by atoms with E-state index in [1.54, 1.807) is 6.20 Å². The second kappa shape index (κ2) is 6.26. The molecule has 0 spiro atoms. The molecule has 0 bridgehead atoms. The maximum absolute atomic E-state index is 12.5. The van der Waals surface area contributed by atoms with Crippen molar-refractivity contribution in [1.82, 2.24) is 20.3 Å². The molecule has 1 heterocycles. The molecule has 0 atom stereocenters. The fourth-order valence-corrected chi connectivity index (χ4v) is 1.77. The number of hydrogen-bond acceptors (Lipinski definition) is 3. The van der Waals surface area contributed by atoms with Crippen LogP contribution in [0.2, 0.25) is 0 Å². The van der Waals surface area contributed by atoms with E-state index >= 15 is 0 Å². The molecule has 0 amide bonds. The fourth-order valence-electron chi connectivity index (χ4n) is 1.77. The van der Waals surface area contributed by atoms with Crippen LogP contribution >= 0.6 is 0 Å². The van der Waals surface area contributed by atoms with Crippen LogP contribution in [0.1, 0.15) is 25.1 Å². The zero-order valence-electron chi connectivity index (χ0n) is 11.9. The lowest BCUT2D eigenvalue weighted by Gasteiger charge is -2.07. The number of hydrogen-bond donors (Lipinski definition) is 1. The van der Waals surface area contributed by atoms with E-state index in [0.29, 0.717) is 18.2 Å². The summed E-state index contributed by atoms with van der Waals surface area (Å²) in [7, 11) is 0. The fraction of sp³-hybridized carbons (Fsp3) is 0.429. The number of nitrogens with zero attached hydrogens (tertiary/aromatic N) is 3. The monoisotopic (exact) mass is 298 g/mol. The number of nitrogens with one attached hydrogen (secondary N) is 1. The molecule has 2 rings (SSSR count). The lowest BCUT2D eigenvalue weighted by Crippen LogP contribution is -2.19. The van der Waals surface area contributed by atoms with E-state index in [1.807, 2.05) is 0 Å². The minimum Gasteiger partial charge on any atom is -0.311 e. The Hall–Kier alpha value is -1.89. The van der Waals surface area contributed by atoms with Gasteiger partial charge in [0, 0.05) is 6.54 Å². The highest BCUT2D eigenvalue weighted by molar-refractivity contribution is 5.33. The lowest BCUT2D eigenvalue weighted by molar-refractivity contribution is -0.137. The second-order valence-corrected chi connectivity index (χ2v) is 5.19. The Morgan fingerprint density at radius 3 is 2.43 bits per heavy atom. The molecule has 0 aliphatic heterocycles. The molecule has 21 heavy (non-hydrogen) atoms. The third kappa shape index (κ3) is 4.29. The summed E-state index contributed by atoms with van der Waals surface area (Å²) in [6.07, 6.45) is -2.73. The highest BCUT2D eigenvalue weighted by Gasteiger charge is 2.30. The van der Waals surface area contributed by atoms with E-state index < -0.39 is 11.7 Å². The molecule has 0 fully saturated rings. The van der Waals surface area contributed by atoms with Crippen molar-refractivity contribution in [1.29, 1.82) is 0 Å². The van der Waals surface area contributed by atoms with E-state index in [0.717, 1.165) is 24.4 Å². The highest BCUT2D eigenvalue weighted by atomic mass is 19.4. The predicted molar refractivity (Wildman–Crippen MR) is 72.9 cm³/mol. The van der Waals surface area contributed by atoms with Crippen molar-refractivity contribution in [2.24, 2.45) is 5.92 Å². The minimum absolute atomic E-state index is 0.498. The van der Waals surface area contributed by atoms with Crippen molar-refractivity contribution in [2.75, 3.05) is 6.54 Å². The van der Waals surface area contributed by atoms with E-state index in [4.69, 9.17) is 0 Å². The first kappa shape index (κ1) is 15.5. The van der Waals surface area contributed by atoms with Gasteiger partial charge in [-0.25, -0.2) is 0 Å². The number of rotatable bonds is 5. The Morgan fingerprint density at radius 1 is 1.19 bits per heavy atom. The van der Waals surface area contributed by atoms with Gasteiger partial charge in [-0.05, 0) is 36.7 Å². The van der Waals surface area contributed by atoms with Gasteiger partial charge in [0.25, 0.3) is 0 Å². The van der Waals surface area contributed by atoms with Crippen LogP contribution in [-0.4, -0.2) is 21.5 Å². The normalized spacial score (nSPS) is 12.1. The van der Waals surface area contributed by atoms with Crippen LogP contribution in [-0.2, 0) is 12.7 Å². The lowest BCUT2D eigenvalue weighted by atomic mass is 10.2. The van der Waals surface area contributed by atoms with Crippen LogP contribution < -0.4 is 5.32 Å². The summed E-state index contributed by atoms with van der Waals surface area (Å²) in [4.78, 5) is 1.33. The summed E-state index contributed by atoms with van der Waals surface area (Å²) in [6, 6.07) is 4.76. The standard InChI is InChI=1S/C14H17F3N4/c1-10(2)7-18-8-12-9-19-21(20-12)13-5-3-11(4-6-13)14(15,16)17/h3-6,9-10,18H,7-8H2,1-2H3. The third-order valence-electron chi connectivity index (χ3n) is 2.82. The number of alkyl halides is 3. The van der Waals surface area contributed by atoms with Crippen molar-refractivity contribution in [3.63, 3.8) is 0 Å². The Balaban J connectivity index is 2.04. The molecule has 0 saturated heterocycles. The van der Waals surface area contributed by atoms with Gasteiger partial charge in [-0.15, -0.1) is 0 Å². The van der Waals surface area contributed by atoms with E-state index in [2.05, 4.69) is 29.4 Å². The molecule has 0 unspecified atom stereocenters. The van der Waals surface area contributed by atoms with E-state index in [-0.39, 0.29) is 0 Å². The molecule has 0 aliphatic rings. The molecule has 1 N–H and O–H groups in total. The summed E-state index contributed by atoms with van der Waals surface area (Å²) in [5.41, 5.74) is 0.561. The van der Waals surface area contributed by atoms with Crippen LogP contribution in [0.15, 0.2) is 30.5 Å². The van der Waals surface area contributed by atoms with Crippen molar-refractivity contribution in [3.05, 3.63) is 41.7 Å². The van der Waals surface area contributed by atoms with Crippen LogP contribution in [0.5, 0.6) is 0 Å². The molecule has 7 heteroatoms. The average molecular weight is 298 g/mol. The van der Waals surface area contributed by atoms with Gasteiger partial charge < -0.3 is 5.32 Å². The summed E-state index contributed by atoms with van der Waals surface area (Å²) in [6.45, 7) is 5.66. The molecule has 0 radical (unpaired) electrons. The third-order valence-corrected chi connectivity index (χ3v) is 2.82. The van der Waals surface area contributed by atoms with Crippen molar-refractivity contribution in [3.8, 4) is 5.69 Å². The first-order valence-electron chi connectivity index (χ1n) is 6.66. The van der Waals surface area contributed by atoms with Crippen molar-refractivity contribution < 1.29 is 13.2 Å².